The first-order valence-electron chi connectivity index (χ1n) is 14.4. The van der Waals surface area contributed by atoms with Crippen LogP contribution in [0.5, 0.6) is 0 Å². The number of nitrogens with zero attached hydrogens (tertiary/aromatic N) is 4. The molecule has 41 heavy (non-hydrogen) atoms. The minimum atomic E-state index is 0.0432. The van der Waals surface area contributed by atoms with Crippen LogP contribution in [0.25, 0.3) is 22.0 Å². The summed E-state index contributed by atoms with van der Waals surface area (Å²) >= 11 is 0. The summed E-state index contributed by atoms with van der Waals surface area (Å²) < 4.78 is 0. The van der Waals surface area contributed by atoms with Gasteiger partial charge in [-0.25, -0.2) is 0 Å². The molecular formula is C34H35N5O2. The number of aromatic nitrogens is 2. The lowest BCUT2D eigenvalue weighted by Gasteiger charge is -2.36. The Kier molecular flexibility index (Phi) is 7.58. The number of carbonyl (C=O) groups is 2. The second-order valence-electron chi connectivity index (χ2n) is 11.2. The summed E-state index contributed by atoms with van der Waals surface area (Å²) in [4.78, 5) is 32.0. The third kappa shape index (κ3) is 5.61. The van der Waals surface area contributed by atoms with Crippen molar-refractivity contribution in [2.45, 2.75) is 25.3 Å². The van der Waals surface area contributed by atoms with Gasteiger partial charge in [-0.15, -0.1) is 0 Å². The van der Waals surface area contributed by atoms with E-state index in [0.717, 1.165) is 73.0 Å². The number of likely N-dealkylation sites (tertiary alicyclic amines) is 2. The molecule has 0 aliphatic carbocycles. The van der Waals surface area contributed by atoms with E-state index in [2.05, 4.69) is 45.1 Å². The minimum absolute atomic E-state index is 0.0432. The lowest BCUT2D eigenvalue weighted by Crippen LogP contribution is -2.46. The van der Waals surface area contributed by atoms with Gasteiger partial charge < -0.3 is 9.80 Å². The second kappa shape index (κ2) is 11.6. The van der Waals surface area contributed by atoms with Crippen LogP contribution in [-0.4, -0.2) is 83.0 Å². The second-order valence-corrected chi connectivity index (χ2v) is 11.2. The van der Waals surface area contributed by atoms with Crippen LogP contribution in [0, 0.1) is 17.8 Å². The third-order valence-electron chi connectivity index (χ3n) is 8.42. The number of carbonyl (C=O) groups excluding carboxylic acids is 2. The largest absolute Gasteiger partial charge is 0.349 e. The molecule has 208 valence electrons. The quantitative estimate of drug-likeness (QED) is 0.379. The van der Waals surface area contributed by atoms with E-state index >= 15 is 0 Å². The maximum absolute atomic E-state index is 13.5. The number of amides is 2. The number of nitrogens with one attached hydrogen (secondary N) is 1. The Bertz CT molecular complexity index is 1620. The third-order valence-corrected chi connectivity index (χ3v) is 8.42. The fraction of sp³-hybridized carbons (Fsp3) is 0.324. The predicted octanol–water partition coefficient (Wildman–Crippen LogP) is 4.64. The van der Waals surface area contributed by atoms with Crippen LogP contribution in [0.1, 0.15) is 40.9 Å². The summed E-state index contributed by atoms with van der Waals surface area (Å²) in [5.41, 5.74) is 5.28. The Morgan fingerprint density at radius 1 is 0.902 bits per heavy atom. The molecule has 1 N–H and O–H groups in total. The van der Waals surface area contributed by atoms with Gasteiger partial charge in [0.05, 0.1) is 5.52 Å². The lowest BCUT2D eigenvalue weighted by molar-refractivity contribution is -0.134. The van der Waals surface area contributed by atoms with Crippen molar-refractivity contribution in [3.63, 3.8) is 0 Å². The van der Waals surface area contributed by atoms with Crippen molar-refractivity contribution < 1.29 is 9.59 Å². The summed E-state index contributed by atoms with van der Waals surface area (Å²) in [5, 5.41) is 8.34. The number of hydrogen-bond acceptors (Lipinski definition) is 4. The molecule has 0 radical (unpaired) electrons. The summed E-state index contributed by atoms with van der Waals surface area (Å²) in [5.74, 6) is 6.98. The Morgan fingerprint density at radius 2 is 1.66 bits per heavy atom. The van der Waals surface area contributed by atoms with Crippen molar-refractivity contribution in [1.29, 1.82) is 0 Å². The van der Waals surface area contributed by atoms with E-state index in [4.69, 9.17) is 0 Å². The molecule has 6 rings (SSSR count). The van der Waals surface area contributed by atoms with Crippen molar-refractivity contribution in [3.8, 4) is 23.0 Å². The van der Waals surface area contributed by atoms with Crippen LogP contribution in [0.15, 0.2) is 72.8 Å². The highest BCUT2D eigenvalue weighted by Crippen LogP contribution is 2.27. The number of hydrogen-bond donors (Lipinski definition) is 1. The van der Waals surface area contributed by atoms with Crippen molar-refractivity contribution in [3.05, 3.63) is 89.6 Å². The SMILES string of the molecule is CN(C)C(=O)C1CCN(C2CCN(C(=O)c3ccc4n[nH]c(C#Cc5ccccc5-c5ccccc5)c4c3)C2)CC1. The molecule has 2 aliphatic rings. The van der Waals surface area contributed by atoms with E-state index in [1.54, 1.807) is 4.90 Å². The molecule has 2 amide bonds. The standard InChI is InChI=1S/C34H35N5O2/c1-37(2)33(40)26-16-19-38(20-17-26)28-18-21-39(23-28)34(41)27-13-15-32-30(22-27)31(35-36-32)14-12-25-10-6-7-11-29(25)24-8-4-3-5-9-24/h3-11,13,15,22,26,28H,16-21,23H2,1-2H3,(H,35,36). The highest BCUT2D eigenvalue weighted by molar-refractivity contribution is 5.99. The Balaban J connectivity index is 1.16. The summed E-state index contributed by atoms with van der Waals surface area (Å²) in [6, 6.07) is 24.4. The fourth-order valence-electron chi connectivity index (χ4n) is 6.11. The molecule has 7 heteroatoms. The lowest BCUT2D eigenvalue weighted by atomic mass is 9.94. The Labute approximate surface area is 241 Å². The van der Waals surface area contributed by atoms with Crippen LogP contribution in [0.4, 0.5) is 0 Å². The molecule has 2 aliphatic heterocycles. The average Bonchev–Trinajstić information content (AvgIpc) is 3.67. The highest BCUT2D eigenvalue weighted by atomic mass is 16.2. The summed E-state index contributed by atoms with van der Waals surface area (Å²) in [7, 11) is 3.66. The van der Waals surface area contributed by atoms with Crippen LogP contribution in [0.2, 0.25) is 0 Å². The molecule has 1 atom stereocenters. The number of aromatic amines is 1. The van der Waals surface area contributed by atoms with Crippen molar-refractivity contribution in [1.82, 2.24) is 24.9 Å². The highest BCUT2D eigenvalue weighted by Gasteiger charge is 2.34. The molecule has 2 saturated heterocycles. The van der Waals surface area contributed by atoms with Crippen LogP contribution >= 0.6 is 0 Å². The minimum Gasteiger partial charge on any atom is -0.349 e. The van der Waals surface area contributed by atoms with Gasteiger partial charge in [0.25, 0.3) is 5.91 Å². The first kappa shape index (κ1) is 26.8. The molecule has 3 aromatic carbocycles. The number of benzene rings is 3. The first-order chi connectivity index (χ1) is 20.0. The van der Waals surface area contributed by atoms with Gasteiger partial charge in [-0.05, 0) is 73.7 Å². The molecule has 4 aromatic rings. The van der Waals surface area contributed by atoms with E-state index in [1.165, 1.54) is 0 Å². The molecular weight excluding hydrogens is 510 g/mol. The Morgan fingerprint density at radius 3 is 2.44 bits per heavy atom. The van der Waals surface area contributed by atoms with Gasteiger partial charge in [0, 0.05) is 55.7 Å². The fourth-order valence-corrected chi connectivity index (χ4v) is 6.11. The average molecular weight is 546 g/mol. The van der Waals surface area contributed by atoms with Gasteiger partial charge in [-0.2, -0.15) is 5.10 Å². The van der Waals surface area contributed by atoms with Gasteiger partial charge in [-0.3, -0.25) is 19.6 Å². The normalized spacial score (nSPS) is 17.8. The summed E-state index contributed by atoms with van der Waals surface area (Å²) in [6.45, 7) is 3.28. The van der Waals surface area contributed by atoms with E-state index < -0.39 is 0 Å². The monoisotopic (exact) mass is 545 g/mol. The number of H-pyrrole nitrogens is 1. The maximum atomic E-state index is 13.5. The molecule has 7 nitrogen and oxygen atoms in total. The number of piperidine rings is 1. The maximum Gasteiger partial charge on any atom is 0.253 e. The zero-order valence-corrected chi connectivity index (χ0v) is 23.6. The van der Waals surface area contributed by atoms with Crippen LogP contribution < -0.4 is 0 Å². The zero-order chi connectivity index (χ0) is 28.3. The molecule has 0 bridgehead atoms. The molecule has 0 saturated carbocycles. The predicted molar refractivity (Wildman–Crippen MR) is 161 cm³/mol. The molecule has 1 unspecified atom stereocenters. The molecule has 2 fully saturated rings. The van der Waals surface area contributed by atoms with E-state index in [-0.39, 0.29) is 17.7 Å². The zero-order valence-electron chi connectivity index (χ0n) is 23.6. The smallest absolute Gasteiger partial charge is 0.253 e. The van der Waals surface area contributed by atoms with Crippen molar-refractivity contribution >= 4 is 22.7 Å². The van der Waals surface area contributed by atoms with Crippen molar-refractivity contribution in [2.24, 2.45) is 5.92 Å². The van der Waals surface area contributed by atoms with E-state index in [9.17, 15) is 9.59 Å². The van der Waals surface area contributed by atoms with Gasteiger partial charge >= 0.3 is 0 Å². The molecule has 1 aromatic heterocycles. The van der Waals surface area contributed by atoms with Crippen LogP contribution in [0.3, 0.4) is 0 Å². The van der Waals surface area contributed by atoms with Crippen molar-refractivity contribution in [2.75, 3.05) is 40.3 Å². The van der Waals surface area contributed by atoms with E-state index in [0.29, 0.717) is 17.3 Å². The molecule has 3 heterocycles. The topological polar surface area (TPSA) is 72.5 Å². The van der Waals surface area contributed by atoms with Gasteiger partial charge in [0.2, 0.25) is 5.91 Å². The van der Waals surface area contributed by atoms with Gasteiger partial charge in [0.1, 0.15) is 5.69 Å². The number of fused-ring (bicyclic) bond motifs is 1. The first-order valence-corrected chi connectivity index (χ1v) is 14.4. The number of rotatable bonds is 4. The van der Waals surface area contributed by atoms with Gasteiger partial charge in [-0.1, -0.05) is 54.5 Å². The van der Waals surface area contributed by atoms with Crippen LogP contribution in [-0.2, 0) is 4.79 Å². The molecule has 0 spiro atoms. The van der Waals surface area contributed by atoms with E-state index in [1.807, 2.05) is 73.6 Å². The van der Waals surface area contributed by atoms with Gasteiger partial charge in [0.15, 0.2) is 0 Å². The Hall–Kier alpha value is -4.41. The summed E-state index contributed by atoms with van der Waals surface area (Å²) in [6.07, 6.45) is 2.74.